The standard InChI is InChI=1S/C14H17BrN2O3/c1-14(2,3)20-13(19)17-11-7-8-6-9(15)4-5-10(8)16-12(11)18/h4-6,11H,7H2,1-3H3,(H,16,18)(H,17,19)/t11-/m0/s1. The number of halogens is 1. The molecule has 1 aromatic rings. The lowest BCUT2D eigenvalue weighted by Gasteiger charge is -2.27. The predicted octanol–water partition coefficient (Wildman–Crippen LogP) is 2.84. The molecule has 1 heterocycles. The van der Waals surface area contributed by atoms with Gasteiger partial charge in [-0.15, -0.1) is 0 Å². The zero-order chi connectivity index (χ0) is 14.9. The van der Waals surface area contributed by atoms with E-state index in [1.807, 2.05) is 18.2 Å². The fraction of sp³-hybridized carbons (Fsp3) is 0.429. The molecule has 0 unspecified atom stereocenters. The maximum absolute atomic E-state index is 11.9. The molecule has 0 bridgehead atoms. The van der Waals surface area contributed by atoms with Gasteiger partial charge in [0.25, 0.3) is 0 Å². The van der Waals surface area contributed by atoms with Gasteiger partial charge in [0.05, 0.1) is 0 Å². The van der Waals surface area contributed by atoms with E-state index in [0.717, 1.165) is 15.7 Å². The summed E-state index contributed by atoms with van der Waals surface area (Å²) in [7, 11) is 0. The number of benzene rings is 1. The van der Waals surface area contributed by atoms with Gasteiger partial charge in [0.1, 0.15) is 11.6 Å². The van der Waals surface area contributed by atoms with E-state index in [-0.39, 0.29) is 5.91 Å². The number of carbonyl (C=O) groups is 2. The van der Waals surface area contributed by atoms with E-state index in [2.05, 4.69) is 26.6 Å². The first-order valence-corrected chi connectivity index (χ1v) is 7.13. The monoisotopic (exact) mass is 340 g/mol. The van der Waals surface area contributed by atoms with Crippen LogP contribution in [0.4, 0.5) is 10.5 Å². The van der Waals surface area contributed by atoms with Gasteiger partial charge in [-0.1, -0.05) is 15.9 Å². The lowest BCUT2D eigenvalue weighted by molar-refractivity contribution is -0.118. The van der Waals surface area contributed by atoms with Crippen LogP contribution in [0, 0.1) is 0 Å². The van der Waals surface area contributed by atoms with Gasteiger partial charge in [0, 0.05) is 16.6 Å². The topological polar surface area (TPSA) is 67.4 Å². The molecule has 5 nitrogen and oxygen atoms in total. The maximum Gasteiger partial charge on any atom is 0.408 e. The molecule has 0 aromatic heterocycles. The fourth-order valence-corrected chi connectivity index (χ4v) is 2.36. The minimum Gasteiger partial charge on any atom is -0.444 e. The number of ether oxygens (including phenoxy) is 1. The Labute approximate surface area is 126 Å². The largest absolute Gasteiger partial charge is 0.444 e. The second kappa shape index (κ2) is 5.44. The van der Waals surface area contributed by atoms with Gasteiger partial charge >= 0.3 is 6.09 Å². The number of hydrogen-bond donors (Lipinski definition) is 2. The Hall–Kier alpha value is -1.56. The first kappa shape index (κ1) is 14.8. The number of hydrogen-bond acceptors (Lipinski definition) is 3. The zero-order valence-electron chi connectivity index (χ0n) is 11.6. The van der Waals surface area contributed by atoms with E-state index in [1.165, 1.54) is 0 Å². The summed E-state index contributed by atoms with van der Waals surface area (Å²) in [6, 6.07) is 5.01. The van der Waals surface area contributed by atoms with Crippen LogP contribution in [0.2, 0.25) is 0 Å². The number of fused-ring (bicyclic) bond motifs is 1. The molecule has 2 N–H and O–H groups in total. The molecular weight excluding hydrogens is 324 g/mol. The van der Waals surface area contributed by atoms with Crippen molar-refractivity contribution in [3.63, 3.8) is 0 Å². The Balaban J connectivity index is 2.07. The molecule has 1 aromatic carbocycles. The lowest BCUT2D eigenvalue weighted by atomic mass is 9.99. The van der Waals surface area contributed by atoms with Crippen LogP contribution in [-0.2, 0) is 16.0 Å². The number of alkyl carbamates (subject to hydrolysis) is 1. The summed E-state index contributed by atoms with van der Waals surface area (Å²) < 4.78 is 6.09. The molecule has 0 spiro atoms. The van der Waals surface area contributed by atoms with Crippen molar-refractivity contribution in [3.8, 4) is 0 Å². The van der Waals surface area contributed by atoms with E-state index in [0.29, 0.717) is 6.42 Å². The van der Waals surface area contributed by atoms with Crippen molar-refractivity contribution in [2.45, 2.75) is 38.8 Å². The Kier molecular flexibility index (Phi) is 4.04. The normalized spacial score (nSPS) is 18.0. The van der Waals surface area contributed by atoms with Crippen LogP contribution < -0.4 is 10.6 Å². The van der Waals surface area contributed by atoms with Crippen LogP contribution >= 0.6 is 15.9 Å². The minimum absolute atomic E-state index is 0.231. The Morgan fingerprint density at radius 3 is 2.80 bits per heavy atom. The molecule has 1 aliphatic heterocycles. The summed E-state index contributed by atoms with van der Waals surface area (Å²) in [4.78, 5) is 23.7. The van der Waals surface area contributed by atoms with Crippen molar-refractivity contribution in [1.82, 2.24) is 5.32 Å². The molecule has 2 rings (SSSR count). The van der Waals surface area contributed by atoms with Gasteiger partial charge in [-0.3, -0.25) is 4.79 Å². The SMILES string of the molecule is CC(C)(C)OC(=O)N[C@H]1Cc2cc(Br)ccc2NC1=O. The number of anilines is 1. The lowest BCUT2D eigenvalue weighted by Crippen LogP contribution is -2.49. The van der Waals surface area contributed by atoms with Crippen LogP contribution in [0.25, 0.3) is 0 Å². The second-order valence-electron chi connectivity index (χ2n) is 5.69. The Morgan fingerprint density at radius 2 is 2.15 bits per heavy atom. The highest BCUT2D eigenvalue weighted by Gasteiger charge is 2.29. The summed E-state index contributed by atoms with van der Waals surface area (Å²) in [5.74, 6) is -0.231. The van der Waals surface area contributed by atoms with Crippen molar-refractivity contribution >= 4 is 33.6 Å². The highest BCUT2D eigenvalue weighted by atomic mass is 79.9. The molecule has 0 saturated carbocycles. The van der Waals surface area contributed by atoms with Gasteiger partial charge in [0.2, 0.25) is 5.91 Å². The van der Waals surface area contributed by atoms with Crippen LogP contribution in [0.5, 0.6) is 0 Å². The number of carbonyl (C=O) groups excluding carboxylic acids is 2. The van der Waals surface area contributed by atoms with E-state index in [1.54, 1.807) is 20.8 Å². The number of nitrogens with one attached hydrogen (secondary N) is 2. The Bertz CT molecular complexity index is 552. The van der Waals surface area contributed by atoms with Crippen molar-refractivity contribution in [2.75, 3.05) is 5.32 Å². The maximum atomic E-state index is 11.9. The van der Waals surface area contributed by atoms with Crippen LogP contribution in [0.3, 0.4) is 0 Å². The third-order valence-electron chi connectivity index (χ3n) is 2.76. The van der Waals surface area contributed by atoms with Crippen LogP contribution in [-0.4, -0.2) is 23.6 Å². The Morgan fingerprint density at radius 1 is 1.45 bits per heavy atom. The van der Waals surface area contributed by atoms with Crippen molar-refractivity contribution in [2.24, 2.45) is 0 Å². The average Bonchev–Trinajstić information content (AvgIpc) is 2.28. The van der Waals surface area contributed by atoms with E-state index in [4.69, 9.17) is 4.74 Å². The third-order valence-corrected chi connectivity index (χ3v) is 3.25. The second-order valence-corrected chi connectivity index (χ2v) is 6.61. The summed E-state index contributed by atoms with van der Waals surface area (Å²) in [5.41, 5.74) is 1.16. The summed E-state index contributed by atoms with van der Waals surface area (Å²) in [6.07, 6.45) is -0.143. The van der Waals surface area contributed by atoms with Crippen molar-refractivity contribution in [1.29, 1.82) is 0 Å². The van der Waals surface area contributed by atoms with Crippen molar-refractivity contribution in [3.05, 3.63) is 28.2 Å². The van der Waals surface area contributed by atoms with Gasteiger partial charge in [-0.05, 0) is 44.5 Å². The summed E-state index contributed by atoms with van der Waals surface area (Å²) in [5, 5.41) is 5.37. The average molecular weight is 341 g/mol. The first-order chi connectivity index (χ1) is 9.24. The van der Waals surface area contributed by atoms with Crippen LogP contribution in [0.1, 0.15) is 26.3 Å². The molecule has 0 aliphatic carbocycles. The molecule has 1 atom stereocenters. The molecule has 6 heteroatoms. The highest BCUT2D eigenvalue weighted by molar-refractivity contribution is 9.10. The third kappa shape index (κ3) is 3.72. The summed E-state index contributed by atoms with van der Waals surface area (Å²) in [6.45, 7) is 5.33. The van der Waals surface area contributed by atoms with E-state index >= 15 is 0 Å². The molecule has 108 valence electrons. The molecule has 20 heavy (non-hydrogen) atoms. The summed E-state index contributed by atoms with van der Waals surface area (Å²) >= 11 is 3.39. The number of rotatable bonds is 1. The molecule has 0 saturated heterocycles. The minimum atomic E-state index is -0.619. The van der Waals surface area contributed by atoms with Gasteiger partial charge in [-0.25, -0.2) is 4.79 Å². The van der Waals surface area contributed by atoms with Crippen LogP contribution in [0.15, 0.2) is 22.7 Å². The van der Waals surface area contributed by atoms with E-state index in [9.17, 15) is 9.59 Å². The fourth-order valence-electron chi connectivity index (χ4n) is 1.95. The van der Waals surface area contributed by atoms with E-state index < -0.39 is 17.7 Å². The van der Waals surface area contributed by atoms with Gasteiger partial charge < -0.3 is 15.4 Å². The highest BCUT2D eigenvalue weighted by Crippen LogP contribution is 2.26. The molecule has 2 amide bonds. The van der Waals surface area contributed by atoms with Gasteiger partial charge in [-0.2, -0.15) is 0 Å². The molecular formula is C14H17BrN2O3. The van der Waals surface area contributed by atoms with Gasteiger partial charge in [0.15, 0.2) is 0 Å². The molecule has 0 radical (unpaired) electrons. The quantitative estimate of drug-likeness (QED) is 0.825. The van der Waals surface area contributed by atoms with Crippen molar-refractivity contribution < 1.29 is 14.3 Å². The first-order valence-electron chi connectivity index (χ1n) is 6.33. The smallest absolute Gasteiger partial charge is 0.408 e. The molecule has 1 aliphatic rings. The zero-order valence-corrected chi connectivity index (χ0v) is 13.2. The number of amides is 2. The predicted molar refractivity (Wildman–Crippen MR) is 79.6 cm³/mol. The molecule has 0 fully saturated rings.